The summed E-state index contributed by atoms with van der Waals surface area (Å²) in [7, 11) is 0. The van der Waals surface area contributed by atoms with Crippen LogP contribution in [0.2, 0.25) is 0 Å². The lowest BCUT2D eigenvalue weighted by molar-refractivity contribution is -0.121. The first kappa shape index (κ1) is 7.03. The summed E-state index contributed by atoms with van der Waals surface area (Å²) < 4.78 is 0. The maximum Gasteiger partial charge on any atom is 0.228 e. The number of carbonyl (C=O) groups excluding carboxylic acids is 2. The highest BCUT2D eigenvalue weighted by atomic mass is 16.2. The van der Waals surface area contributed by atoms with Crippen molar-refractivity contribution in [2.75, 3.05) is 6.54 Å². The van der Waals surface area contributed by atoms with Crippen LogP contribution in [0.4, 0.5) is 0 Å². The SMILES string of the molecule is CCC1C(=O)NCC1=C=O. The van der Waals surface area contributed by atoms with Gasteiger partial charge in [-0.3, -0.25) is 4.79 Å². The molecule has 3 nitrogen and oxygen atoms in total. The Morgan fingerprint density at radius 3 is 2.90 bits per heavy atom. The fraction of sp³-hybridized carbons (Fsp3) is 0.571. The van der Waals surface area contributed by atoms with Gasteiger partial charge in [-0.05, 0) is 6.42 Å². The molecular weight excluding hydrogens is 130 g/mol. The first-order valence-corrected chi connectivity index (χ1v) is 3.31. The van der Waals surface area contributed by atoms with Gasteiger partial charge in [-0.15, -0.1) is 0 Å². The molecule has 1 heterocycles. The zero-order valence-electron chi connectivity index (χ0n) is 5.81. The quantitative estimate of drug-likeness (QED) is 0.516. The number of nitrogens with one attached hydrogen (secondary N) is 1. The van der Waals surface area contributed by atoms with Crippen LogP contribution in [-0.2, 0) is 9.59 Å². The summed E-state index contributed by atoms with van der Waals surface area (Å²) in [6.07, 6.45) is 0.691. The molecule has 0 aliphatic carbocycles. The molecule has 1 amide bonds. The Morgan fingerprint density at radius 1 is 1.80 bits per heavy atom. The van der Waals surface area contributed by atoms with Gasteiger partial charge in [0.05, 0.1) is 12.5 Å². The second-order valence-corrected chi connectivity index (χ2v) is 2.31. The molecule has 1 atom stereocenters. The normalized spacial score (nSPS) is 24.3. The summed E-state index contributed by atoms with van der Waals surface area (Å²) in [5.41, 5.74) is 0.563. The molecule has 0 bridgehead atoms. The minimum atomic E-state index is -0.211. The summed E-state index contributed by atoms with van der Waals surface area (Å²) in [5, 5.41) is 2.58. The Bertz CT molecular complexity index is 204. The molecule has 1 unspecified atom stereocenters. The van der Waals surface area contributed by atoms with Crippen LogP contribution in [0.5, 0.6) is 0 Å². The van der Waals surface area contributed by atoms with Gasteiger partial charge in [0, 0.05) is 5.57 Å². The second-order valence-electron chi connectivity index (χ2n) is 2.31. The lowest BCUT2D eigenvalue weighted by atomic mass is 10.0. The van der Waals surface area contributed by atoms with Crippen molar-refractivity contribution >= 4 is 11.8 Å². The summed E-state index contributed by atoms with van der Waals surface area (Å²) in [5.74, 6) is 1.53. The molecule has 1 aliphatic rings. The lowest BCUT2D eigenvalue weighted by Crippen LogP contribution is -2.18. The van der Waals surface area contributed by atoms with E-state index in [1.54, 1.807) is 5.94 Å². The molecule has 1 aliphatic heterocycles. The molecule has 0 aromatic rings. The van der Waals surface area contributed by atoms with Gasteiger partial charge < -0.3 is 5.32 Å². The molecule has 1 fully saturated rings. The van der Waals surface area contributed by atoms with Gasteiger partial charge in [0.15, 0.2) is 0 Å². The van der Waals surface area contributed by atoms with E-state index in [1.807, 2.05) is 6.92 Å². The van der Waals surface area contributed by atoms with Crippen LogP contribution in [0.25, 0.3) is 0 Å². The Balaban J connectivity index is 2.82. The molecule has 1 N–H and O–H groups in total. The summed E-state index contributed by atoms with van der Waals surface area (Å²) in [6, 6.07) is 0. The smallest absolute Gasteiger partial charge is 0.228 e. The van der Waals surface area contributed by atoms with E-state index in [9.17, 15) is 9.59 Å². The van der Waals surface area contributed by atoms with Crippen molar-refractivity contribution in [1.82, 2.24) is 5.32 Å². The van der Waals surface area contributed by atoms with Crippen LogP contribution in [0, 0.1) is 5.92 Å². The van der Waals surface area contributed by atoms with Crippen LogP contribution in [0.15, 0.2) is 5.57 Å². The van der Waals surface area contributed by atoms with Crippen LogP contribution in [0.3, 0.4) is 0 Å². The zero-order chi connectivity index (χ0) is 7.56. The standard InChI is InChI=1S/C7H9NO2/c1-2-6-5(4-9)3-8-7(6)10/h6H,2-3H2,1H3,(H,8,10). The lowest BCUT2D eigenvalue weighted by Gasteiger charge is -1.98. The van der Waals surface area contributed by atoms with Gasteiger partial charge in [-0.1, -0.05) is 6.92 Å². The third-order valence-corrected chi connectivity index (χ3v) is 1.73. The van der Waals surface area contributed by atoms with E-state index in [-0.39, 0.29) is 11.8 Å². The number of carbonyl (C=O) groups is 1. The highest BCUT2D eigenvalue weighted by molar-refractivity contribution is 5.88. The minimum absolute atomic E-state index is 0.0409. The van der Waals surface area contributed by atoms with E-state index in [2.05, 4.69) is 5.32 Å². The van der Waals surface area contributed by atoms with Crippen molar-refractivity contribution in [3.05, 3.63) is 5.57 Å². The van der Waals surface area contributed by atoms with E-state index in [4.69, 9.17) is 0 Å². The van der Waals surface area contributed by atoms with E-state index < -0.39 is 0 Å². The van der Waals surface area contributed by atoms with Crippen LogP contribution in [-0.4, -0.2) is 18.4 Å². The van der Waals surface area contributed by atoms with Crippen molar-refractivity contribution in [3.8, 4) is 0 Å². The molecule has 0 spiro atoms. The third kappa shape index (κ3) is 0.957. The largest absolute Gasteiger partial charge is 0.351 e. The highest BCUT2D eigenvalue weighted by Gasteiger charge is 2.28. The molecule has 0 saturated carbocycles. The van der Waals surface area contributed by atoms with Gasteiger partial charge in [0.2, 0.25) is 5.91 Å². The number of hydrogen-bond acceptors (Lipinski definition) is 2. The number of rotatable bonds is 1. The Kier molecular flexibility index (Phi) is 1.88. The van der Waals surface area contributed by atoms with Crippen LogP contribution >= 0.6 is 0 Å². The zero-order valence-corrected chi connectivity index (χ0v) is 5.81. The van der Waals surface area contributed by atoms with Crippen molar-refractivity contribution in [2.45, 2.75) is 13.3 Å². The second kappa shape index (κ2) is 2.67. The molecule has 3 heteroatoms. The minimum Gasteiger partial charge on any atom is -0.351 e. The predicted octanol–water partition coefficient (Wildman–Crippen LogP) is -0.0996. The molecule has 0 radical (unpaired) electrons. The molecule has 0 aromatic carbocycles. The Morgan fingerprint density at radius 2 is 2.50 bits per heavy atom. The maximum atomic E-state index is 10.9. The van der Waals surface area contributed by atoms with Gasteiger partial charge in [-0.25, -0.2) is 4.79 Å². The molecule has 1 saturated heterocycles. The number of amides is 1. The third-order valence-electron chi connectivity index (χ3n) is 1.73. The molecule has 1 rings (SSSR count). The van der Waals surface area contributed by atoms with Gasteiger partial charge in [0.1, 0.15) is 5.94 Å². The first-order valence-electron chi connectivity index (χ1n) is 3.31. The average Bonchev–Trinajstić information content (AvgIpc) is 2.30. The first-order chi connectivity index (χ1) is 4.79. The van der Waals surface area contributed by atoms with Gasteiger partial charge >= 0.3 is 0 Å². The number of hydrogen-bond donors (Lipinski definition) is 1. The van der Waals surface area contributed by atoms with E-state index in [0.717, 1.165) is 0 Å². The van der Waals surface area contributed by atoms with Crippen molar-refractivity contribution in [1.29, 1.82) is 0 Å². The Labute approximate surface area is 59.1 Å². The summed E-state index contributed by atoms with van der Waals surface area (Å²) in [4.78, 5) is 21.0. The van der Waals surface area contributed by atoms with E-state index in [0.29, 0.717) is 18.5 Å². The van der Waals surface area contributed by atoms with Crippen LogP contribution < -0.4 is 5.32 Å². The highest BCUT2D eigenvalue weighted by Crippen LogP contribution is 2.16. The van der Waals surface area contributed by atoms with Crippen molar-refractivity contribution in [2.24, 2.45) is 5.92 Å². The van der Waals surface area contributed by atoms with E-state index >= 15 is 0 Å². The summed E-state index contributed by atoms with van der Waals surface area (Å²) >= 11 is 0. The maximum absolute atomic E-state index is 10.9. The van der Waals surface area contributed by atoms with E-state index in [1.165, 1.54) is 0 Å². The average molecular weight is 139 g/mol. The summed E-state index contributed by atoms with van der Waals surface area (Å²) in [6.45, 7) is 2.27. The molecular formula is C7H9NO2. The van der Waals surface area contributed by atoms with Gasteiger partial charge in [0.25, 0.3) is 0 Å². The molecule has 54 valence electrons. The van der Waals surface area contributed by atoms with Gasteiger partial charge in [-0.2, -0.15) is 0 Å². The fourth-order valence-electron chi connectivity index (χ4n) is 1.13. The van der Waals surface area contributed by atoms with Crippen molar-refractivity contribution in [3.63, 3.8) is 0 Å². The topological polar surface area (TPSA) is 46.2 Å². The monoisotopic (exact) mass is 139 g/mol. The Hall–Kier alpha value is -1.08. The van der Waals surface area contributed by atoms with Crippen molar-refractivity contribution < 1.29 is 9.59 Å². The predicted molar refractivity (Wildman–Crippen MR) is 36.0 cm³/mol. The van der Waals surface area contributed by atoms with Crippen LogP contribution in [0.1, 0.15) is 13.3 Å². The molecule has 0 aromatic heterocycles. The fourth-order valence-corrected chi connectivity index (χ4v) is 1.13. The molecule has 10 heavy (non-hydrogen) atoms.